The SMILES string of the molecule is CNCCC(=O)N(C)CCc1ccc(F)cc1. The van der Waals surface area contributed by atoms with Crippen molar-refractivity contribution in [2.45, 2.75) is 12.8 Å². The number of nitrogens with zero attached hydrogens (tertiary/aromatic N) is 1. The van der Waals surface area contributed by atoms with Crippen molar-refractivity contribution in [3.63, 3.8) is 0 Å². The number of rotatable bonds is 6. The van der Waals surface area contributed by atoms with Crippen LogP contribution < -0.4 is 5.32 Å². The molecule has 3 nitrogen and oxygen atoms in total. The molecule has 0 heterocycles. The van der Waals surface area contributed by atoms with Gasteiger partial charge in [-0.25, -0.2) is 4.39 Å². The fourth-order valence-corrected chi connectivity index (χ4v) is 1.50. The monoisotopic (exact) mass is 238 g/mol. The summed E-state index contributed by atoms with van der Waals surface area (Å²) in [4.78, 5) is 13.3. The first-order chi connectivity index (χ1) is 8.13. The molecule has 0 fully saturated rings. The number of likely N-dealkylation sites (N-methyl/N-ethyl adjacent to an activating group) is 1. The molecular formula is C13H19FN2O. The lowest BCUT2D eigenvalue weighted by Gasteiger charge is -2.17. The largest absolute Gasteiger partial charge is 0.345 e. The molecule has 1 rings (SSSR count). The molecule has 17 heavy (non-hydrogen) atoms. The molecule has 1 aromatic carbocycles. The van der Waals surface area contributed by atoms with Gasteiger partial charge in [-0.15, -0.1) is 0 Å². The molecule has 0 radical (unpaired) electrons. The predicted octanol–water partition coefficient (Wildman–Crippen LogP) is 1.44. The predicted molar refractivity (Wildman–Crippen MR) is 66.3 cm³/mol. The Bertz CT molecular complexity index is 351. The molecule has 94 valence electrons. The van der Waals surface area contributed by atoms with Gasteiger partial charge in [0.15, 0.2) is 0 Å². The lowest BCUT2D eigenvalue weighted by molar-refractivity contribution is -0.129. The lowest BCUT2D eigenvalue weighted by atomic mass is 10.1. The zero-order valence-electron chi connectivity index (χ0n) is 10.4. The van der Waals surface area contributed by atoms with E-state index in [0.717, 1.165) is 12.0 Å². The van der Waals surface area contributed by atoms with E-state index in [1.807, 2.05) is 7.05 Å². The van der Waals surface area contributed by atoms with E-state index < -0.39 is 0 Å². The van der Waals surface area contributed by atoms with E-state index in [1.165, 1.54) is 12.1 Å². The molecule has 1 N–H and O–H groups in total. The van der Waals surface area contributed by atoms with Gasteiger partial charge < -0.3 is 10.2 Å². The molecule has 0 aliphatic heterocycles. The number of hydrogen-bond donors (Lipinski definition) is 1. The Morgan fingerprint density at radius 2 is 2.00 bits per heavy atom. The van der Waals surface area contributed by atoms with E-state index in [1.54, 1.807) is 24.1 Å². The van der Waals surface area contributed by atoms with Crippen LogP contribution in [0.1, 0.15) is 12.0 Å². The summed E-state index contributed by atoms with van der Waals surface area (Å²) in [7, 11) is 3.62. The maximum absolute atomic E-state index is 12.7. The van der Waals surface area contributed by atoms with Crippen LogP contribution in [0.5, 0.6) is 0 Å². The smallest absolute Gasteiger partial charge is 0.223 e. The van der Waals surface area contributed by atoms with Gasteiger partial charge in [-0.2, -0.15) is 0 Å². The minimum absolute atomic E-state index is 0.126. The van der Waals surface area contributed by atoms with Crippen molar-refractivity contribution in [1.29, 1.82) is 0 Å². The van der Waals surface area contributed by atoms with Crippen molar-refractivity contribution in [1.82, 2.24) is 10.2 Å². The Morgan fingerprint density at radius 3 is 2.59 bits per heavy atom. The van der Waals surface area contributed by atoms with Gasteiger partial charge in [0, 0.05) is 26.6 Å². The summed E-state index contributed by atoms with van der Waals surface area (Å²) in [6.45, 7) is 1.36. The van der Waals surface area contributed by atoms with Crippen LogP contribution in [0.2, 0.25) is 0 Å². The summed E-state index contributed by atoms with van der Waals surface area (Å²) in [5.41, 5.74) is 1.04. The van der Waals surface area contributed by atoms with Crippen LogP contribution in [-0.4, -0.2) is 38.0 Å². The second-order valence-corrected chi connectivity index (χ2v) is 4.05. The number of amides is 1. The van der Waals surface area contributed by atoms with Gasteiger partial charge in [-0.3, -0.25) is 4.79 Å². The molecule has 1 aromatic rings. The molecule has 4 heteroatoms. The summed E-state index contributed by atoms with van der Waals surface area (Å²) >= 11 is 0. The highest BCUT2D eigenvalue weighted by atomic mass is 19.1. The third-order valence-electron chi connectivity index (χ3n) is 2.66. The van der Waals surface area contributed by atoms with Gasteiger partial charge in [0.1, 0.15) is 5.82 Å². The molecule has 0 saturated carbocycles. The van der Waals surface area contributed by atoms with E-state index in [9.17, 15) is 9.18 Å². The molecule has 0 aliphatic rings. The van der Waals surface area contributed by atoms with Crippen molar-refractivity contribution >= 4 is 5.91 Å². The highest BCUT2D eigenvalue weighted by Gasteiger charge is 2.07. The van der Waals surface area contributed by atoms with Gasteiger partial charge in [-0.05, 0) is 31.2 Å². The third-order valence-corrected chi connectivity index (χ3v) is 2.66. The summed E-state index contributed by atoms with van der Waals surface area (Å²) in [5, 5.41) is 2.94. The molecule has 0 bridgehead atoms. The molecule has 0 spiro atoms. The first-order valence-corrected chi connectivity index (χ1v) is 5.76. The molecular weight excluding hydrogens is 219 g/mol. The van der Waals surface area contributed by atoms with Crippen molar-refractivity contribution in [2.75, 3.05) is 27.2 Å². The average molecular weight is 238 g/mol. The standard InChI is InChI=1S/C13H19FN2O/c1-15-9-7-13(17)16(2)10-8-11-3-5-12(14)6-4-11/h3-6,15H,7-10H2,1-2H3. The molecule has 0 atom stereocenters. The van der Waals surface area contributed by atoms with E-state index in [2.05, 4.69) is 5.32 Å². The quantitative estimate of drug-likeness (QED) is 0.813. The van der Waals surface area contributed by atoms with Crippen molar-refractivity contribution < 1.29 is 9.18 Å². The van der Waals surface area contributed by atoms with Gasteiger partial charge in [-0.1, -0.05) is 12.1 Å². The first kappa shape index (κ1) is 13.6. The summed E-state index contributed by atoms with van der Waals surface area (Å²) in [6.07, 6.45) is 1.26. The zero-order valence-corrected chi connectivity index (χ0v) is 10.4. The number of carbonyl (C=O) groups is 1. The summed E-state index contributed by atoms with van der Waals surface area (Å²) < 4.78 is 12.7. The lowest BCUT2D eigenvalue weighted by Crippen LogP contribution is -2.30. The van der Waals surface area contributed by atoms with Gasteiger partial charge in [0.2, 0.25) is 5.91 Å². The van der Waals surface area contributed by atoms with Gasteiger partial charge in [0.25, 0.3) is 0 Å². The number of carbonyl (C=O) groups excluding carboxylic acids is 1. The number of nitrogens with one attached hydrogen (secondary N) is 1. The first-order valence-electron chi connectivity index (χ1n) is 5.76. The van der Waals surface area contributed by atoms with Gasteiger partial charge >= 0.3 is 0 Å². The normalized spacial score (nSPS) is 10.3. The number of halogens is 1. The van der Waals surface area contributed by atoms with E-state index >= 15 is 0 Å². The van der Waals surface area contributed by atoms with Crippen LogP contribution in [-0.2, 0) is 11.2 Å². The highest BCUT2D eigenvalue weighted by Crippen LogP contribution is 2.04. The Morgan fingerprint density at radius 1 is 1.35 bits per heavy atom. The van der Waals surface area contributed by atoms with Crippen LogP contribution in [0.3, 0.4) is 0 Å². The van der Waals surface area contributed by atoms with Crippen molar-refractivity contribution in [3.8, 4) is 0 Å². The molecule has 0 aromatic heterocycles. The van der Waals surface area contributed by atoms with Crippen LogP contribution in [0.4, 0.5) is 4.39 Å². The topological polar surface area (TPSA) is 32.3 Å². The summed E-state index contributed by atoms with van der Waals surface area (Å²) in [6, 6.07) is 6.39. The molecule has 0 saturated heterocycles. The number of hydrogen-bond acceptors (Lipinski definition) is 2. The maximum atomic E-state index is 12.7. The third kappa shape index (κ3) is 4.95. The van der Waals surface area contributed by atoms with Crippen LogP contribution in [0.25, 0.3) is 0 Å². The minimum atomic E-state index is -0.229. The average Bonchev–Trinajstić information content (AvgIpc) is 2.34. The van der Waals surface area contributed by atoms with E-state index in [-0.39, 0.29) is 11.7 Å². The van der Waals surface area contributed by atoms with Crippen molar-refractivity contribution in [3.05, 3.63) is 35.6 Å². The Hall–Kier alpha value is -1.42. The maximum Gasteiger partial charge on any atom is 0.223 e. The van der Waals surface area contributed by atoms with Crippen LogP contribution >= 0.6 is 0 Å². The second-order valence-electron chi connectivity index (χ2n) is 4.05. The Kier molecular flexibility index (Phi) is 5.63. The van der Waals surface area contributed by atoms with E-state index in [4.69, 9.17) is 0 Å². The fourth-order valence-electron chi connectivity index (χ4n) is 1.50. The Balaban J connectivity index is 2.34. The van der Waals surface area contributed by atoms with Crippen LogP contribution in [0, 0.1) is 5.82 Å². The van der Waals surface area contributed by atoms with Crippen molar-refractivity contribution in [2.24, 2.45) is 0 Å². The fraction of sp³-hybridized carbons (Fsp3) is 0.462. The molecule has 0 unspecified atom stereocenters. The molecule has 1 amide bonds. The molecule has 0 aliphatic carbocycles. The zero-order chi connectivity index (χ0) is 12.7. The summed E-state index contributed by atoms with van der Waals surface area (Å²) in [5.74, 6) is -0.103. The van der Waals surface area contributed by atoms with E-state index in [0.29, 0.717) is 19.5 Å². The van der Waals surface area contributed by atoms with Gasteiger partial charge in [0.05, 0.1) is 0 Å². The Labute approximate surface area is 102 Å². The second kappa shape index (κ2) is 7.01. The minimum Gasteiger partial charge on any atom is -0.345 e. The van der Waals surface area contributed by atoms with Crippen LogP contribution in [0.15, 0.2) is 24.3 Å². The number of benzene rings is 1. The highest BCUT2D eigenvalue weighted by molar-refractivity contribution is 5.76.